The Hall–Kier alpha value is -1.68. The summed E-state index contributed by atoms with van der Waals surface area (Å²) in [5.74, 6) is -0.198. The number of hydrogen-bond donors (Lipinski definition) is 1. The zero-order valence-corrected chi connectivity index (χ0v) is 10.5. The van der Waals surface area contributed by atoms with E-state index in [1.807, 2.05) is 18.4 Å². The van der Waals surface area contributed by atoms with Gasteiger partial charge in [-0.3, -0.25) is 0 Å². The van der Waals surface area contributed by atoms with Crippen LogP contribution in [0.1, 0.15) is 37.1 Å². The van der Waals surface area contributed by atoms with E-state index in [0.29, 0.717) is 0 Å². The van der Waals surface area contributed by atoms with Crippen LogP contribution >= 0.6 is 0 Å². The summed E-state index contributed by atoms with van der Waals surface area (Å²) in [7, 11) is 0. The molecule has 1 heterocycles. The minimum absolute atomic E-state index is 0.0374. The molecule has 0 saturated heterocycles. The Morgan fingerprint density at radius 3 is 2.56 bits per heavy atom. The van der Waals surface area contributed by atoms with Gasteiger partial charge in [0.1, 0.15) is 5.82 Å². The highest BCUT2D eigenvalue weighted by Crippen LogP contribution is 2.23. The summed E-state index contributed by atoms with van der Waals surface area (Å²) in [6, 6.07) is 6.52. The molecule has 2 atom stereocenters. The molecule has 0 aliphatic carbocycles. The highest BCUT2D eigenvalue weighted by molar-refractivity contribution is 5.22. The molecule has 0 radical (unpaired) electrons. The van der Waals surface area contributed by atoms with Crippen LogP contribution in [-0.2, 0) is 0 Å². The topological polar surface area (TPSA) is 38.1 Å². The molecule has 3 nitrogen and oxygen atoms in total. The van der Waals surface area contributed by atoms with Crippen LogP contribution in [-0.4, -0.2) is 21.3 Å². The average Bonchev–Trinajstić information content (AvgIpc) is 2.87. The first-order valence-corrected chi connectivity index (χ1v) is 6.01. The van der Waals surface area contributed by atoms with Crippen molar-refractivity contribution in [3.8, 4) is 0 Å². The van der Waals surface area contributed by atoms with E-state index >= 15 is 0 Å². The van der Waals surface area contributed by atoms with Crippen molar-refractivity contribution in [1.29, 1.82) is 0 Å². The second-order valence-electron chi connectivity index (χ2n) is 4.54. The number of halogens is 1. The van der Waals surface area contributed by atoms with Crippen molar-refractivity contribution in [3.05, 3.63) is 53.9 Å². The lowest BCUT2D eigenvalue weighted by atomic mass is 10.1. The fourth-order valence-electron chi connectivity index (χ4n) is 2.02. The number of imidazole rings is 1. The third kappa shape index (κ3) is 2.43. The first-order chi connectivity index (χ1) is 8.63. The standard InChI is InChI=1S/C14H17FN2O/c1-10(8-18)14-7-16-9-17(14)11(2)12-3-5-13(15)6-4-12/h3-7,9-11,18H,8H2,1-2H3. The molecule has 96 valence electrons. The minimum atomic E-state index is -0.236. The van der Waals surface area contributed by atoms with Crippen LogP contribution in [0.15, 0.2) is 36.8 Å². The Morgan fingerprint density at radius 2 is 1.94 bits per heavy atom. The third-order valence-electron chi connectivity index (χ3n) is 3.24. The number of nitrogens with zero attached hydrogens (tertiary/aromatic N) is 2. The predicted molar refractivity (Wildman–Crippen MR) is 67.9 cm³/mol. The number of hydrogen-bond acceptors (Lipinski definition) is 2. The number of aliphatic hydroxyl groups is 1. The van der Waals surface area contributed by atoms with Crippen LogP contribution < -0.4 is 0 Å². The molecular weight excluding hydrogens is 231 g/mol. The molecule has 0 spiro atoms. The van der Waals surface area contributed by atoms with Gasteiger partial charge in [-0.25, -0.2) is 9.37 Å². The van der Waals surface area contributed by atoms with E-state index in [2.05, 4.69) is 4.98 Å². The molecule has 0 aliphatic rings. The SMILES string of the molecule is CC(CO)c1cncn1C(C)c1ccc(F)cc1. The maximum Gasteiger partial charge on any atom is 0.123 e. The van der Waals surface area contributed by atoms with E-state index in [0.717, 1.165) is 11.3 Å². The Morgan fingerprint density at radius 1 is 1.28 bits per heavy atom. The first kappa shape index (κ1) is 12.8. The monoisotopic (exact) mass is 248 g/mol. The fourth-order valence-corrected chi connectivity index (χ4v) is 2.02. The van der Waals surface area contributed by atoms with Gasteiger partial charge in [-0.2, -0.15) is 0 Å². The summed E-state index contributed by atoms with van der Waals surface area (Å²) >= 11 is 0. The number of benzene rings is 1. The van der Waals surface area contributed by atoms with Gasteiger partial charge in [-0.15, -0.1) is 0 Å². The van der Waals surface area contributed by atoms with Crippen LogP contribution in [0.5, 0.6) is 0 Å². The van der Waals surface area contributed by atoms with Crippen molar-refractivity contribution in [1.82, 2.24) is 9.55 Å². The molecule has 2 aromatic rings. The van der Waals surface area contributed by atoms with Crippen molar-refractivity contribution < 1.29 is 9.50 Å². The van der Waals surface area contributed by atoms with Crippen LogP contribution in [0, 0.1) is 5.82 Å². The van der Waals surface area contributed by atoms with Gasteiger partial charge < -0.3 is 9.67 Å². The van der Waals surface area contributed by atoms with E-state index in [1.165, 1.54) is 12.1 Å². The molecule has 0 fully saturated rings. The molecular formula is C14H17FN2O. The normalized spacial score (nSPS) is 14.4. The fraction of sp³-hybridized carbons (Fsp3) is 0.357. The van der Waals surface area contributed by atoms with Crippen molar-refractivity contribution in [3.63, 3.8) is 0 Å². The third-order valence-corrected chi connectivity index (χ3v) is 3.24. The highest BCUT2D eigenvalue weighted by Gasteiger charge is 2.15. The van der Waals surface area contributed by atoms with E-state index < -0.39 is 0 Å². The molecule has 0 saturated carbocycles. The van der Waals surface area contributed by atoms with E-state index in [-0.39, 0.29) is 24.4 Å². The summed E-state index contributed by atoms with van der Waals surface area (Å²) < 4.78 is 14.9. The Balaban J connectivity index is 2.31. The zero-order chi connectivity index (χ0) is 13.1. The molecule has 1 aromatic heterocycles. The van der Waals surface area contributed by atoms with Gasteiger partial charge in [0.25, 0.3) is 0 Å². The molecule has 18 heavy (non-hydrogen) atoms. The van der Waals surface area contributed by atoms with Crippen LogP contribution in [0.2, 0.25) is 0 Å². The van der Waals surface area contributed by atoms with Gasteiger partial charge in [-0.1, -0.05) is 19.1 Å². The maximum atomic E-state index is 12.9. The molecule has 4 heteroatoms. The lowest BCUT2D eigenvalue weighted by Gasteiger charge is -2.19. The second kappa shape index (κ2) is 5.31. The second-order valence-corrected chi connectivity index (χ2v) is 4.54. The molecule has 1 N–H and O–H groups in total. The van der Waals surface area contributed by atoms with E-state index in [9.17, 15) is 9.50 Å². The van der Waals surface area contributed by atoms with Crippen molar-refractivity contribution in [2.24, 2.45) is 0 Å². The van der Waals surface area contributed by atoms with Crippen LogP contribution in [0.3, 0.4) is 0 Å². The van der Waals surface area contributed by atoms with Gasteiger partial charge in [0.15, 0.2) is 0 Å². The summed E-state index contributed by atoms with van der Waals surface area (Å²) in [5.41, 5.74) is 2.00. The molecule has 0 amide bonds. The van der Waals surface area contributed by atoms with Crippen molar-refractivity contribution in [2.45, 2.75) is 25.8 Å². The summed E-state index contributed by atoms with van der Waals surface area (Å²) in [4.78, 5) is 4.13. The summed E-state index contributed by atoms with van der Waals surface area (Å²) in [6.45, 7) is 4.06. The summed E-state index contributed by atoms with van der Waals surface area (Å²) in [5, 5.41) is 9.23. The lowest BCUT2D eigenvalue weighted by Crippen LogP contribution is -2.12. The molecule has 2 rings (SSSR count). The Labute approximate surface area is 106 Å². The minimum Gasteiger partial charge on any atom is -0.396 e. The number of rotatable bonds is 4. The van der Waals surface area contributed by atoms with Crippen molar-refractivity contribution in [2.75, 3.05) is 6.61 Å². The van der Waals surface area contributed by atoms with E-state index in [1.54, 1.807) is 24.7 Å². The predicted octanol–water partition coefficient (Wildman–Crippen LogP) is 2.73. The summed E-state index contributed by atoms with van der Waals surface area (Å²) in [6.07, 6.45) is 3.51. The van der Waals surface area contributed by atoms with Gasteiger partial charge in [0.2, 0.25) is 0 Å². The number of aliphatic hydroxyl groups excluding tert-OH is 1. The van der Waals surface area contributed by atoms with E-state index in [4.69, 9.17) is 0 Å². The van der Waals surface area contributed by atoms with Crippen LogP contribution in [0.25, 0.3) is 0 Å². The van der Waals surface area contributed by atoms with Gasteiger partial charge in [0.05, 0.1) is 19.0 Å². The molecule has 0 aliphatic heterocycles. The van der Waals surface area contributed by atoms with Gasteiger partial charge >= 0.3 is 0 Å². The number of aromatic nitrogens is 2. The quantitative estimate of drug-likeness (QED) is 0.903. The van der Waals surface area contributed by atoms with Gasteiger partial charge in [-0.05, 0) is 24.6 Å². The smallest absolute Gasteiger partial charge is 0.123 e. The largest absolute Gasteiger partial charge is 0.396 e. The van der Waals surface area contributed by atoms with Gasteiger partial charge in [0, 0.05) is 17.8 Å². The van der Waals surface area contributed by atoms with Crippen LogP contribution in [0.4, 0.5) is 4.39 Å². The maximum absolute atomic E-state index is 12.9. The molecule has 1 aromatic carbocycles. The van der Waals surface area contributed by atoms with Crippen molar-refractivity contribution >= 4 is 0 Å². The lowest BCUT2D eigenvalue weighted by molar-refractivity contribution is 0.268. The molecule has 2 unspecified atom stereocenters. The zero-order valence-electron chi connectivity index (χ0n) is 10.5. The molecule has 0 bridgehead atoms. The highest BCUT2D eigenvalue weighted by atomic mass is 19.1. The Bertz CT molecular complexity index is 507. The first-order valence-electron chi connectivity index (χ1n) is 6.01. The Kier molecular flexibility index (Phi) is 3.77. The average molecular weight is 248 g/mol.